The van der Waals surface area contributed by atoms with Gasteiger partial charge in [0.15, 0.2) is 0 Å². The highest BCUT2D eigenvalue weighted by atomic mass is 16.3. The molecule has 1 aromatic rings. The first-order valence-electron chi connectivity index (χ1n) is 11.4. The molecule has 1 aromatic carbocycles. The summed E-state index contributed by atoms with van der Waals surface area (Å²) in [4.78, 5) is 14.2. The summed E-state index contributed by atoms with van der Waals surface area (Å²) in [5.74, 6) is 0.180. The number of carbonyl (C=O) groups excluding carboxylic acids is 1. The smallest absolute Gasteiger partial charge is 0.219 e. The van der Waals surface area contributed by atoms with Gasteiger partial charge in [-0.3, -0.25) is 9.69 Å². The van der Waals surface area contributed by atoms with Gasteiger partial charge in [0.05, 0.1) is 6.61 Å². The van der Waals surface area contributed by atoms with E-state index in [0.717, 1.165) is 25.9 Å². The standard InChI is InChI=1S/C24H42N2O2/c1-2-3-4-5-6-7-8-9-13-17-24(28)25-18-14-19-26(20-21-27)22-23-15-11-10-12-16-23/h10-12,15-16,27H,2-9,13-14,17-22H2,1H3,(H,25,28). The predicted molar refractivity (Wildman–Crippen MR) is 118 cm³/mol. The first-order valence-corrected chi connectivity index (χ1v) is 11.4. The van der Waals surface area contributed by atoms with E-state index in [1.54, 1.807) is 0 Å². The Morgan fingerprint density at radius 1 is 0.893 bits per heavy atom. The van der Waals surface area contributed by atoms with Gasteiger partial charge < -0.3 is 10.4 Å². The molecule has 0 aliphatic rings. The Morgan fingerprint density at radius 3 is 2.18 bits per heavy atom. The minimum atomic E-state index is 0.164. The summed E-state index contributed by atoms with van der Waals surface area (Å²) in [7, 11) is 0. The van der Waals surface area contributed by atoms with Gasteiger partial charge in [-0.05, 0) is 18.4 Å². The molecule has 0 aromatic heterocycles. The lowest BCUT2D eigenvalue weighted by Crippen LogP contribution is -2.31. The third kappa shape index (κ3) is 13.7. The van der Waals surface area contributed by atoms with Gasteiger partial charge in [0, 0.05) is 32.6 Å². The van der Waals surface area contributed by atoms with E-state index < -0.39 is 0 Å². The summed E-state index contributed by atoms with van der Waals surface area (Å²) in [5, 5.41) is 12.3. The summed E-state index contributed by atoms with van der Waals surface area (Å²) >= 11 is 0. The monoisotopic (exact) mass is 390 g/mol. The van der Waals surface area contributed by atoms with Crippen LogP contribution in [0.1, 0.15) is 83.1 Å². The zero-order valence-corrected chi connectivity index (χ0v) is 18.0. The molecule has 4 nitrogen and oxygen atoms in total. The van der Waals surface area contributed by atoms with Gasteiger partial charge in [0.2, 0.25) is 5.91 Å². The highest BCUT2D eigenvalue weighted by Gasteiger charge is 2.06. The maximum absolute atomic E-state index is 11.9. The molecule has 2 N–H and O–H groups in total. The molecule has 160 valence electrons. The van der Waals surface area contributed by atoms with E-state index in [4.69, 9.17) is 0 Å². The first kappa shape index (κ1) is 24.6. The average molecular weight is 391 g/mol. The van der Waals surface area contributed by atoms with E-state index in [1.807, 2.05) is 18.2 Å². The molecule has 28 heavy (non-hydrogen) atoms. The number of nitrogens with zero attached hydrogens (tertiary/aromatic N) is 1. The molecule has 0 aliphatic carbocycles. The van der Waals surface area contributed by atoms with Gasteiger partial charge in [-0.2, -0.15) is 0 Å². The van der Waals surface area contributed by atoms with Gasteiger partial charge >= 0.3 is 0 Å². The number of nitrogens with one attached hydrogen (secondary N) is 1. The highest BCUT2D eigenvalue weighted by Crippen LogP contribution is 2.10. The van der Waals surface area contributed by atoms with Crippen molar-refractivity contribution in [1.29, 1.82) is 0 Å². The van der Waals surface area contributed by atoms with Crippen LogP contribution in [-0.4, -0.2) is 42.2 Å². The molecule has 1 amide bonds. The van der Waals surface area contributed by atoms with Crippen LogP contribution in [0.15, 0.2) is 30.3 Å². The molecule has 0 fully saturated rings. The Morgan fingerprint density at radius 2 is 1.54 bits per heavy atom. The third-order valence-corrected chi connectivity index (χ3v) is 5.15. The Hall–Kier alpha value is -1.39. The van der Waals surface area contributed by atoms with Gasteiger partial charge in [-0.25, -0.2) is 0 Å². The Bertz CT molecular complexity index is 479. The fraction of sp³-hybridized carbons (Fsp3) is 0.708. The van der Waals surface area contributed by atoms with E-state index in [1.165, 1.54) is 56.9 Å². The lowest BCUT2D eigenvalue weighted by atomic mass is 10.1. The van der Waals surface area contributed by atoms with Crippen molar-refractivity contribution in [2.45, 2.75) is 84.1 Å². The second-order valence-electron chi connectivity index (χ2n) is 7.77. The van der Waals surface area contributed by atoms with E-state index in [2.05, 4.69) is 29.3 Å². The van der Waals surface area contributed by atoms with Gasteiger partial charge in [0.1, 0.15) is 0 Å². The van der Waals surface area contributed by atoms with Crippen LogP contribution < -0.4 is 5.32 Å². The molecule has 1 rings (SSSR count). The number of aliphatic hydroxyl groups is 1. The fourth-order valence-corrected chi connectivity index (χ4v) is 3.47. The molecule has 4 heteroatoms. The molecule has 0 bridgehead atoms. The van der Waals surface area contributed by atoms with Crippen LogP contribution in [0.25, 0.3) is 0 Å². The van der Waals surface area contributed by atoms with Crippen LogP contribution >= 0.6 is 0 Å². The molecule has 0 spiro atoms. The van der Waals surface area contributed by atoms with Crippen molar-refractivity contribution in [2.75, 3.05) is 26.2 Å². The quantitative estimate of drug-likeness (QED) is 0.350. The van der Waals surface area contributed by atoms with E-state index in [0.29, 0.717) is 19.5 Å². The number of rotatable bonds is 18. The second kappa shape index (κ2) is 17.7. The van der Waals surface area contributed by atoms with Crippen LogP contribution in [0.5, 0.6) is 0 Å². The number of aliphatic hydroxyl groups excluding tert-OH is 1. The summed E-state index contributed by atoms with van der Waals surface area (Å²) < 4.78 is 0. The van der Waals surface area contributed by atoms with Crippen molar-refractivity contribution in [3.63, 3.8) is 0 Å². The number of benzene rings is 1. The number of hydrogen-bond acceptors (Lipinski definition) is 3. The van der Waals surface area contributed by atoms with E-state index in [9.17, 15) is 9.90 Å². The summed E-state index contributed by atoms with van der Waals surface area (Å²) in [6, 6.07) is 10.3. The van der Waals surface area contributed by atoms with Crippen molar-refractivity contribution in [1.82, 2.24) is 10.2 Å². The minimum Gasteiger partial charge on any atom is -0.395 e. The van der Waals surface area contributed by atoms with Crippen molar-refractivity contribution in [3.8, 4) is 0 Å². The fourth-order valence-electron chi connectivity index (χ4n) is 3.47. The van der Waals surface area contributed by atoms with Gasteiger partial charge in [-0.15, -0.1) is 0 Å². The van der Waals surface area contributed by atoms with Crippen molar-refractivity contribution in [2.24, 2.45) is 0 Å². The molecule has 0 atom stereocenters. The topological polar surface area (TPSA) is 52.6 Å². The number of unbranched alkanes of at least 4 members (excludes halogenated alkanes) is 8. The lowest BCUT2D eigenvalue weighted by molar-refractivity contribution is -0.121. The zero-order valence-electron chi connectivity index (χ0n) is 18.0. The molecule has 0 aliphatic heterocycles. The third-order valence-electron chi connectivity index (χ3n) is 5.15. The van der Waals surface area contributed by atoms with E-state index in [-0.39, 0.29) is 12.5 Å². The number of carbonyl (C=O) groups is 1. The molecular formula is C24H42N2O2. The molecule has 0 heterocycles. The van der Waals surface area contributed by atoms with E-state index >= 15 is 0 Å². The zero-order chi connectivity index (χ0) is 20.3. The highest BCUT2D eigenvalue weighted by molar-refractivity contribution is 5.75. The molecule has 0 unspecified atom stereocenters. The Labute approximate surface area is 172 Å². The number of hydrogen-bond donors (Lipinski definition) is 2. The van der Waals surface area contributed by atoms with Crippen molar-refractivity contribution >= 4 is 5.91 Å². The maximum atomic E-state index is 11.9. The molecule has 0 saturated carbocycles. The largest absolute Gasteiger partial charge is 0.395 e. The van der Waals surface area contributed by atoms with Crippen LogP contribution in [0.4, 0.5) is 0 Å². The Balaban J connectivity index is 2.00. The van der Waals surface area contributed by atoms with Crippen LogP contribution in [0, 0.1) is 0 Å². The minimum absolute atomic E-state index is 0.164. The second-order valence-corrected chi connectivity index (χ2v) is 7.77. The summed E-state index contributed by atoms with van der Waals surface area (Å²) in [6.45, 7) is 5.52. The van der Waals surface area contributed by atoms with Gasteiger partial charge in [0.25, 0.3) is 0 Å². The Kier molecular flexibility index (Phi) is 15.6. The van der Waals surface area contributed by atoms with Crippen LogP contribution in [-0.2, 0) is 11.3 Å². The van der Waals surface area contributed by atoms with Crippen LogP contribution in [0.2, 0.25) is 0 Å². The predicted octanol–water partition coefficient (Wildman–Crippen LogP) is 4.91. The molecule has 0 saturated heterocycles. The lowest BCUT2D eigenvalue weighted by Gasteiger charge is -2.21. The SMILES string of the molecule is CCCCCCCCCCCC(=O)NCCCN(CCO)Cc1ccccc1. The van der Waals surface area contributed by atoms with Crippen molar-refractivity contribution in [3.05, 3.63) is 35.9 Å². The maximum Gasteiger partial charge on any atom is 0.219 e. The van der Waals surface area contributed by atoms with Gasteiger partial charge in [-0.1, -0.05) is 88.6 Å². The first-order chi connectivity index (χ1) is 13.8. The molecular weight excluding hydrogens is 348 g/mol. The van der Waals surface area contributed by atoms with Crippen molar-refractivity contribution < 1.29 is 9.90 Å². The van der Waals surface area contributed by atoms with Crippen LogP contribution in [0.3, 0.4) is 0 Å². The number of amides is 1. The summed E-state index contributed by atoms with van der Waals surface area (Å²) in [5.41, 5.74) is 1.25. The average Bonchev–Trinajstić information content (AvgIpc) is 2.71. The normalized spacial score (nSPS) is 11.1. The summed E-state index contributed by atoms with van der Waals surface area (Å²) in [6.07, 6.45) is 13.1. The molecule has 0 radical (unpaired) electrons.